The molecule has 0 aliphatic heterocycles. The van der Waals surface area contributed by atoms with Crippen molar-refractivity contribution in [2.75, 3.05) is 0 Å². The van der Waals surface area contributed by atoms with Crippen LogP contribution in [0.15, 0.2) is 12.1 Å². The number of aliphatic carboxylic acids is 1. The molecule has 0 N–H and O–H groups in total. The average molecular weight is 334 g/mol. The maximum Gasteiger partial charge on any atom is 1.00 e. The molecule has 1 rings (SSSR count). The van der Waals surface area contributed by atoms with Gasteiger partial charge in [0, 0.05) is 18.5 Å². The van der Waals surface area contributed by atoms with Gasteiger partial charge in [-0.05, 0) is 11.6 Å². The van der Waals surface area contributed by atoms with Crippen LogP contribution in [0.4, 0.5) is 5.69 Å². The Kier molecular flexibility index (Phi) is 7.24. The minimum atomic E-state index is -1.33. The normalized spacial score (nSPS) is 9.38. The number of carboxylic acids is 1. The first-order valence-electron chi connectivity index (χ1n) is 3.74. The van der Waals surface area contributed by atoms with Crippen LogP contribution in [0, 0.1) is 10.1 Å². The molecule has 80 valence electrons. The molecular formula is C8H4Cl2NO4Rb. The molecule has 0 unspecified atom stereocenters. The molecule has 0 radical (unpaired) electrons. The summed E-state index contributed by atoms with van der Waals surface area (Å²) in [5.74, 6) is -1.33. The number of nitro benzene ring substituents is 1. The number of hydrogen-bond acceptors (Lipinski definition) is 4. The molecule has 0 saturated heterocycles. The number of carbonyl (C=O) groups is 1. The maximum absolute atomic E-state index is 10.4. The number of halogens is 2. The molecule has 0 aliphatic rings. The Balaban J connectivity index is 0.00000225. The molecule has 0 aliphatic carbocycles. The summed E-state index contributed by atoms with van der Waals surface area (Å²) in [5.41, 5.74) is -0.170. The van der Waals surface area contributed by atoms with Crippen LogP contribution in [-0.4, -0.2) is 10.9 Å². The van der Waals surface area contributed by atoms with Crippen molar-refractivity contribution >= 4 is 34.9 Å². The van der Waals surface area contributed by atoms with Crippen LogP contribution in [0.5, 0.6) is 0 Å². The van der Waals surface area contributed by atoms with Gasteiger partial charge in [-0.25, -0.2) is 0 Å². The Bertz CT molecular complexity index is 438. The Morgan fingerprint density at radius 3 is 2.31 bits per heavy atom. The van der Waals surface area contributed by atoms with E-state index in [4.69, 9.17) is 23.2 Å². The van der Waals surface area contributed by atoms with E-state index in [2.05, 4.69) is 0 Å². The van der Waals surface area contributed by atoms with Gasteiger partial charge in [0.2, 0.25) is 0 Å². The number of benzene rings is 1. The molecule has 1 aromatic rings. The largest absolute Gasteiger partial charge is 1.00 e. The van der Waals surface area contributed by atoms with E-state index >= 15 is 0 Å². The summed E-state index contributed by atoms with van der Waals surface area (Å²) < 4.78 is 0. The van der Waals surface area contributed by atoms with Crippen molar-refractivity contribution in [1.29, 1.82) is 0 Å². The van der Waals surface area contributed by atoms with Crippen LogP contribution in [0.1, 0.15) is 5.56 Å². The first-order valence-corrected chi connectivity index (χ1v) is 4.49. The van der Waals surface area contributed by atoms with Crippen molar-refractivity contribution in [3.63, 3.8) is 0 Å². The Morgan fingerprint density at radius 1 is 1.31 bits per heavy atom. The van der Waals surface area contributed by atoms with Gasteiger partial charge in [-0.1, -0.05) is 23.2 Å². The summed E-state index contributed by atoms with van der Waals surface area (Å²) in [5, 5.41) is 20.6. The fourth-order valence-electron chi connectivity index (χ4n) is 1.01. The van der Waals surface area contributed by atoms with Crippen molar-refractivity contribution < 1.29 is 73.0 Å². The molecule has 0 atom stereocenters. The summed E-state index contributed by atoms with van der Waals surface area (Å²) >= 11 is 11.2. The fourth-order valence-corrected chi connectivity index (χ4v) is 1.49. The van der Waals surface area contributed by atoms with Crippen molar-refractivity contribution in [2.45, 2.75) is 6.42 Å². The number of nitrogens with zero attached hydrogens (tertiary/aromatic N) is 1. The van der Waals surface area contributed by atoms with E-state index < -0.39 is 17.3 Å². The van der Waals surface area contributed by atoms with Crippen LogP contribution in [0.3, 0.4) is 0 Å². The molecule has 0 amide bonds. The third-order valence-corrected chi connectivity index (χ3v) is 2.30. The molecule has 0 fully saturated rings. The minimum Gasteiger partial charge on any atom is -0.550 e. The third kappa shape index (κ3) is 4.39. The van der Waals surface area contributed by atoms with Gasteiger partial charge in [-0.2, -0.15) is 0 Å². The van der Waals surface area contributed by atoms with Gasteiger partial charge in [-0.3, -0.25) is 10.1 Å². The Hall–Kier alpha value is 0.475. The van der Waals surface area contributed by atoms with Crippen LogP contribution >= 0.6 is 23.2 Å². The van der Waals surface area contributed by atoms with Crippen LogP contribution in [0.25, 0.3) is 0 Å². The second-order valence-electron chi connectivity index (χ2n) is 2.70. The second-order valence-corrected chi connectivity index (χ2v) is 3.52. The zero-order valence-corrected chi connectivity index (χ0v) is 14.6. The number of rotatable bonds is 3. The monoisotopic (exact) mass is 333 g/mol. The van der Waals surface area contributed by atoms with Crippen molar-refractivity contribution in [3.05, 3.63) is 37.9 Å². The molecule has 0 bridgehead atoms. The van der Waals surface area contributed by atoms with Crippen molar-refractivity contribution in [1.82, 2.24) is 0 Å². The van der Waals surface area contributed by atoms with Gasteiger partial charge in [0.1, 0.15) is 5.02 Å². The van der Waals surface area contributed by atoms with E-state index in [0.717, 1.165) is 12.1 Å². The van der Waals surface area contributed by atoms with E-state index in [1.54, 1.807) is 0 Å². The van der Waals surface area contributed by atoms with Crippen molar-refractivity contribution in [3.8, 4) is 0 Å². The molecule has 0 heterocycles. The van der Waals surface area contributed by atoms with E-state index in [-0.39, 0.29) is 79.5 Å². The summed E-state index contributed by atoms with van der Waals surface area (Å²) in [4.78, 5) is 20.0. The summed E-state index contributed by atoms with van der Waals surface area (Å²) in [6, 6.07) is 2.17. The second kappa shape index (κ2) is 7.03. The number of carbonyl (C=O) groups excluding carboxylic acids is 1. The van der Waals surface area contributed by atoms with E-state index in [0.29, 0.717) is 0 Å². The van der Waals surface area contributed by atoms with Crippen LogP contribution in [-0.2, 0) is 11.2 Å². The minimum absolute atomic E-state index is 0. The van der Waals surface area contributed by atoms with E-state index in [1.807, 2.05) is 0 Å². The summed E-state index contributed by atoms with van der Waals surface area (Å²) in [6.07, 6.45) is -0.434. The zero-order valence-electron chi connectivity index (χ0n) is 8.20. The van der Waals surface area contributed by atoms with Gasteiger partial charge in [0.25, 0.3) is 5.69 Å². The molecule has 16 heavy (non-hydrogen) atoms. The topological polar surface area (TPSA) is 83.3 Å². The number of carboxylic acid groups (broad SMARTS) is 1. The first-order chi connectivity index (χ1) is 6.91. The van der Waals surface area contributed by atoms with Crippen LogP contribution in [0.2, 0.25) is 10.0 Å². The van der Waals surface area contributed by atoms with Crippen molar-refractivity contribution in [2.24, 2.45) is 0 Å². The predicted molar refractivity (Wildman–Crippen MR) is 51.8 cm³/mol. The zero-order chi connectivity index (χ0) is 11.6. The van der Waals surface area contributed by atoms with Crippen LogP contribution < -0.4 is 63.3 Å². The molecule has 0 spiro atoms. The van der Waals surface area contributed by atoms with E-state index in [9.17, 15) is 20.0 Å². The maximum atomic E-state index is 10.4. The van der Waals surface area contributed by atoms with Gasteiger partial charge < -0.3 is 9.90 Å². The van der Waals surface area contributed by atoms with Gasteiger partial charge >= 0.3 is 58.2 Å². The first kappa shape index (κ1) is 16.5. The number of nitro groups is 1. The van der Waals surface area contributed by atoms with Gasteiger partial charge in [0.05, 0.1) is 9.95 Å². The molecular weight excluding hydrogens is 330 g/mol. The van der Waals surface area contributed by atoms with Gasteiger partial charge in [-0.15, -0.1) is 0 Å². The molecule has 0 saturated carbocycles. The quantitative estimate of drug-likeness (QED) is 0.482. The standard InChI is InChI=1S/C8H5Cl2NO4.Rb/c9-5-3-7(11(14)15)6(10)1-4(5)2-8(12)13;/h1,3H,2H2,(H,12,13);/q;+1/p-1. The predicted octanol–water partition coefficient (Wildman–Crippen LogP) is -1.80. The fraction of sp³-hybridized carbons (Fsp3) is 0.125. The number of hydrogen-bond donors (Lipinski definition) is 0. The molecule has 5 nitrogen and oxygen atoms in total. The van der Waals surface area contributed by atoms with Gasteiger partial charge in [0.15, 0.2) is 0 Å². The summed E-state index contributed by atoms with van der Waals surface area (Å²) in [6.45, 7) is 0. The third-order valence-electron chi connectivity index (χ3n) is 1.65. The Labute approximate surface area is 150 Å². The van der Waals surface area contributed by atoms with E-state index in [1.165, 1.54) is 0 Å². The molecule has 0 aromatic heterocycles. The molecule has 1 aromatic carbocycles. The molecule has 8 heteroatoms. The summed E-state index contributed by atoms with van der Waals surface area (Å²) in [7, 11) is 0. The smallest absolute Gasteiger partial charge is 0.550 e. The average Bonchev–Trinajstić information content (AvgIpc) is 2.09. The SMILES string of the molecule is O=C([O-])Cc1cc(Cl)c([N+](=O)[O-])cc1Cl.[Rb+]. The Morgan fingerprint density at radius 2 is 1.88 bits per heavy atom.